The predicted molar refractivity (Wildman–Crippen MR) is 120 cm³/mol. The van der Waals surface area contributed by atoms with Crippen molar-refractivity contribution in [3.63, 3.8) is 0 Å². The number of carbonyl (C=O) groups excluding carboxylic acids is 2. The van der Waals surface area contributed by atoms with E-state index in [-0.39, 0.29) is 24.9 Å². The highest BCUT2D eigenvalue weighted by molar-refractivity contribution is 5.90. The van der Waals surface area contributed by atoms with Crippen molar-refractivity contribution >= 4 is 22.8 Å². The van der Waals surface area contributed by atoms with Crippen molar-refractivity contribution in [2.24, 2.45) is 0 Å². The van der Waals surface area contributed by atoms with Crippen molar-refractivity contribution in [3.8, 4) is 5.75 Å². The van der Waals surface area contributed by atoms with Gasteiger partial charge in [0.25, 0.3) is 0 Å². The van der Waals surface area contributed by atoms with Crippen molar-refractivity contribution < 1.29 is 28.2 Å². The molecular formula is C25H27FN2O5. The summed E-state index contributed by atoms with van der Waals surface area (Å²) in [5.74, 6) is 0.0417. The molecule has 8 heteroatoms. The minimum atomic E-state index is -0.841. The average Bonchev–Trinajstić information content (AvgIpc) is 3.35. The number of rotatable bonds is 6. The van der Waals surface area contributed by atoms with E-state index in [1.54, 1.807) is 32.2 Å². The SMILES string of the molecule is COc1ccc2oc(C(C)NC(=O)C3CC(O)CN3C(=O)Cc3ccccc3F)c(C)c2c1. The Morgan fingerprint density at radius 3 is 2.79 bits per heavy atom. The summed E-state index contributed by atoms with van der Waals surface area (Å²) >= 11 is 0. The number of furan rings is 1. The van der Waals surface area contributed by atoms with E-state index in [0.717, 1.165) is 10.9 Å². The highest BCUT2D eigenvalue weighted by Crippen LogP contribution is 2.32. The number of amides is 2. The van der Waals surface area contributed by atoms with E-state index in [2.05, 4.69) is 5.32 Å². The van der Waals surface area contributed by atoms with Crippen molar-refractivity contribution in [2.45, 2.75) is 44.9 Å². The number of fused-ring (bicyclic) bond motifs is 1. The first-order chi connectivity index (χ1) is 15.8. The van der Waals surface area contributed by atoms with Gasteiger partial charge in [-0.15, -0.1) is 0 Å². The van der Waals surface area contributed by atoms with E-state index in [0.29, 0.717) is 17.1 Å². The summed E-state index contributed by atoms with van der Waals surface area (Å²) in [5, 5.41) is 13.9. The molecular weight excluding hydrogens is 427 g/mol. The maximum atomic E-state index is 14.0. The van der Waals surface area contributed by atoms with E-state index in [1.807, 2.05) is 19.1 Å². The fourth-order valence-electron chi connectivity index (χ4n) is 4.38. The van der Waals surface area contributed by atoms with Crippen LogP contribution in [0.2, 0.25) is 0 Å². The molecule has 3 atom stereocenters. The summed E-state index contributed by atoms with van der Waals surface area (Å²) in [6, 6.07) is 10.2. The van der Waals surface area contributed by atoms with Crippen LogP contribution in [0, 0.1) is 12.7 Å². The largest absolute Gasteiger partial charge is 0.497 e. The van der Waals surface area contributed by atoms with Crippen LogP contribution in [0.25, 0.3) is 11.0 Å². The third-order valence-electron chi connectivity index (χ3n) is 6.13. The Hall–Kier alpha value is -3.39. The first kappa shape index (κ1) is 22.8. The minimum absolute atomic E-state index is 0.0310. The second-order valence-electron chi connectivity index (χ2n) is 8.40. The Morgan fingerprint density at radius 2 is 2.06 bits per heavy atom. The number of nitrogens with zero attached hydrogens (tertiary/aromatic N) is 1. The third-order valence-corrected chi connectivity index (χ3v) is 6.13. The number of hydrogen-bond acceptors (Lipinski definition) is 5. The van der Waals surface area contributed by atoms with Gasteiger partial charge in [0.2, 0.25) is 11.8 Å². The van der Waals surface area contributed by atoms with E-state index >= 15 is 0 Å². The molecule has 1 saturated heterocycles. The molecule has 0 radical (unpaired) electrons. The van der Waals surface area contributed by atoms with Crippen molar-refractivity contribution in [1.29, 1.82) is 0 Å². The van der Waals surface area contributed by atoms with Crippen LogP contribution in [0.1, 0.15) is 36.3 Å². The molecule has 1 fully saturated rings. The topological polar surface area (TPSA) is 92.0 Å². The monoisotopic (exact) mass is 454 g/mol. The van der Waals surface area contributed by atoms with Crippen molar-refractivity contribution in [2.75, 3.05) is 13.7 Å². The van der Waals surface area contributed by atoms with Crippen LogP contribution in [0.5, 0.6) is 5.75 Å². The third kappa shape index (κ3) is 4.57. The van der Waals surface area contributed by atoms with E-state index in [1.165, 1.54) is 17.0 Å². The Labute approximate surface area is 191 Å². The summed E-state index contributed by atoms with van der Waals surface area (Å²) in [6.45, 7) is 3.74. The molecule has 2 heterocycles. The van der Waals surface area contributed by atoms with Crippen molar-refractivity contribution in [1.82, 2.24) is 10.2 Å². The average molecular weight is 454 g/mol. The van der Waals surface area contributed by atoms with Crippen LogP contribution in [0.3, 0.4) is 0 Å². The molecule has 0 saturated carbocycles. The maximum absolute atomic E-state index is 14.0. The maximum Gasteiger partial charge on any atom is 0.243 e. The number of benzene rings is 2. The quantitative estimate of drug-likeness (QED) is 0.597. The van der Waals surface area contributed by atoms with Crippen LogP contribution in [-0.4, -0.2) is 47.6 Å². The lowest BCUT2D eigenvalue weighted by atomic mass is 10.1. The summed E-state index contributed by atoms with van der Waals surface area (Å²) < 4.78 is 25.2. The molecule has 0 aliphatic carbocycles. The number of hydrogen-bond donors (Lipinski definition) is 2. The molecule has 3 unspecified atom stereocenters. The lowest BCUT2D eigenvalue weighted by molar-refractivity contribution is -0.138. The Kier molecular flexibility index (Phi) is 6.37. The van der Waals surface area contributed by atoms with Gasteiger partial charge < -0.3 is 24.5 Å². The fourth-order valence-corrected chi connectivity index (χ4v) is 4.38. The van der Waals surface area contributed by atoms with Crippen molar-refractivity contribution in [3.05, 3.63) is 65.2 Å². The lowest BCUT2D eigenvalue weighted by Gasteiger charge is -2.25. The van der Waals surface area contributed by atoms with Gasteiger partial charge in [0.15, 0.2) is 0 Å². The molecule has 1 aliphatic heterocycles. The van der Waals surface area contributed by atoms with Gasteiger partial charge in [-0.3, -0.25) is 9.59 Å². The molecule has 0 bridgehead atoms. The Balaban J connectivity index is 1.49. The van der Waals surface area contributed by atoms with E-state index < -0.39 is 35.8 Å². The molecule has 33 heavy (non-hydrogen) atoms. The van der Waals surface area contributed by atoms with E-state index in [9.17, 15) is 19.1 Å². The fraction of sp³-hybridized carbons (Fsp3) is 0.360. The van der Waals surface area contributed by atoms with Gasteiger partial charge in [0, 0.05) is 23.9 Å². The molecule has 0 spiro atoms. The summed E-state index contributed by atoms with van der Waals surface area (Å²) in [6.07, 6.45) is -0.873. The number of carbonyl (C=O) groups is 2. The Bertz CT molecular complexity index is 1190. The predicted octanol–water partition coefficient (Wildman–Crippen LogP) is 3.27. The highest BCUT2D eigenvalue weighted by Gasteiger charge is 2.39. The van der Waals surface area contributed by atoms with Crippen LogP contribution >= 0.6 is 0 Å². The van der Waals surface area contributed by atoms with Gasteiger partial charge >= 0.3 is 0 Å². The zero-order valence-corrected chi connectivity index (χ0v) is 18.8. The summed E-state index contributed by atoms with van der Waals surface area (Å²) in [5.41, 5.74) is 1.82. The van der Waals surface area contributed by atoms with Gasteiger partial charge in [0.05, 0.1) is 25.7 Å². The number of likely N-dealkylation sites (tertiary alicyclic amines) is 1. The molecule has 1 aliphatic rings. The molecule has 3 aromatic rings. The zero-order valence-electron chi connectivity index (χ0n) is 18.8. The molecule has 2 aromatic carbocycles. The second-order valence-corrected chi connectivity index (χ2v) is 8.40. The first-order valence-electron chi connectivity index (χ1n) is 10.9. The van der Waals surface area contributed by atoms with Crippen LogP contribution in [-0.2, 0) is 16.0 Å². The highest BCUT2D eigenvalue weighted by atomic mass is 19.1. The molecule has 2 N–H and O–H groups in total. The van der Waals surface area contributed by atoms with Crippen LogP contribution in [0.4, 0.5) is 4.39 Å². The smallest absolute Gasteiger partial charge is 0.243 e. The molecule has 7 nitrogen and oxygen atoms in total. The second kappa shape index (κ2) is 9.23. The van der Waals surface area contributed by atoms with Crippen LogP contribution in [0.15, 0.2) is 46.9 Å². The minimum Gasteiger partial charge on any atom is -0.497 e. The summed E-state index contributed by atoms with van der Waals surface area (Å²) in [4.78, 5) is 27.3. The number of ether oxygens (including phenoxy) is 1. The normalized spacial score (nSPS) is 19.0. The number of aryl methyl sites for hydroxylation is 1. The molecule has 4 rings (SSSR count). The summed E-state index contributed by atoms with van der Waals surface area (Å²) in [7, 11) is 1.59. The van der Waals surface area contributed by atoms with Gasteiger partial charge in [-0.05, 0) is 43.7 Å². The molecule has 1 aromatic heterocycles. The van der Waals surface area contributed by atoms with Gasteiger partial charge in [-0.25, -0.2) is 4.39 Å². The number of aliphatic hydroxyl groups is 1. The number of methoxy groups -OCH3 is 1. The zero-order chi connectivity index (χ0) is 23.7. The number of β-amino-alcohol motifs (C(OH)–C–C–N with tert-alkyl or cyclic N) is 1. The number of aliphatic hydroxyl groups excluding tert-OH is 1. The van der Waals surface area contributed by atoms with Gasteiger partial charge in [-0.1, -0.05) is 18.2 Å². The van der Waals surface area contributed by atoms with E-state index in [4.69, 9.17) is 9.15 Å². The Morgan fingerprint density at radius 1 is 1.30 bits per heavy atom. The molecule has 2 amide bonds. The van der Waals surface area contributed by atoms with Crippen LogP contribution < -0.4 is 10.1 Å². The number of halogens is 1. The first-order valence-corrected chi connectivity index (χ1v) is 10.9. The van der Waals surface area contributed by atoms with Gasteiger partial charge in [0.1, 0.15) is 29.0 Å². The standard InChI is InChI=1S/C25H27FN2O5/c1-14-19-12-18(32-3)8-9-22(19)33-24(14)15(2)27-25(31)21-11-17(29)13-28(21)23(30)10-16-6-4-5-7-20(16)26/h4-9,12,15,17,21,29H,10-11,13H2,1-3H3,(H,27,31). The molecule has 174 valence electrons. The number of nitrogens with one attached hydrogen (secondary N) is 1. The van der Waals surface area contributed by atoms with Gasteiger partial charge in [-0.2, -0.15) is 0 Å². The lowest BCUT2D eigenvalue weighted by Crippen LogP contribution is -2.47.